The SMILES string of the molecule is Cc1cc(N)cc(C(=O)NC(CO)CO)c1. The number of carbonyl (C=O) groups is 1. The average molecular weight is 224 g/mol. The average Bonchev–Trinajstić information content (AvgIpc) is 2.24. The number of aryl methyl sites for hydroxylation is 1. The summed E-state index contributed by atoms with van der Waals surface area (Å²) in [5, 5.41) is 20.2. The van der Waals surface area contributed by atoms with Crippen molar-refractivity contribution in [2.45, 2.75) is 13.0 Å². The first-order chi connectivity index (χ1) is 7.56. The molecule has 0 spiro atoms. The van der Waals surface area contributed by atoms with E-state index in [1.807, 2.05) is 6.92 Å². The Labute approximate surface area is 93.9 Å². The maximum Gasteiger partial charge on any atom is 0.251 e. The third kappa shape index (κ3) is 3.22. The van der Waals surface area contributed by atoms with Crippen LogP contribution < -0.4 is 11.1 Å². The lowest BCUT2D eigenvalue weighted by molar-refractivity contribution is 0.0879. The molecule has 5 heteroatoms. The second kappa shape index (κ2) is 5.48. The fraction of sp³-hybridized carbons (Fsp3) is 0.364. The van der Waals surface area contributed by atoms with Gasteiger partial charge in [0.25, 0.3) is 5.91 Å². The Kier molecular flexibility index (Phi) is 4.28. The summed E-state index contributed by atoms with van der Waals surface area (Å²) in [5.74, 6) is -0.358. The van der Waals surface area contributed by atoms with Gasteiger partial charge in [-0.3, -0.25) is 4.79 Å². The number of hydrogen-bond donors (Lipinski definition) is 4. The van der Waals surface area contributed by atoms with E-state index in [2.05, 4.69) is 5.32 Å². The monoisotopic (exact) mass is 224 g/mol. The zero-order chi connectivity index (χ0) is 12.1. The van der Waals surface area contributed by atoms with E-state index < -0.39 is 6.04 Å². The molecule has 1 amide bonds. The molecule has 1 rings (SSSR count). The number of nitrogen functional groups attached to an aromatic ring is 1. The summed E-state index contributed by atoms with van der Waals surface area (Å²) in [6, 6.07) is 4.35. The molecule has 1 aromatic rings. The van der Waals surface area contributed by atoms with Crippen LogP contribution in [0.15, 0.2) is 18.2 Å². The molecule has 0 atom stereocenters. The first kappa shape index (κ1) is 12.5. The zero-order valence-electron chi connectivity index (χ0n) is 9.10. The fourth-order valence-electron chi connectivity index (χ4n) is 1.36. The van der Waals surface area contributed by atoms with Gasteiger partial charge in [0.2, 0.25) is 0 Å². The third-order valence-corrected chi connectivity index (χ3v) is 2.14. The van der Waals surface area contributed by atoms with Gasteiger partial charge in [-0.05, 0) is 30.7 Å². The Hall–Kier alpha value is -1.59. The molecule has 0 aromatic heterocycles. The molecule has 0 heterocycles. The first-order valence-electron chi connectivity index (χ1n) is 4.96. The lowest BCUT2D eigenvalue weighted by Crippen LogP contribution is -2.40. The smallest absolute Gasteiger partial charge is 0.251 e. The van der Waals surface area contributed by atoms with Gasteiger partial charge in [0.15, 0.2) is 0 Å². The number of nitrogens with one attached hydrogen (secondary N) is 1. The van der Waals surface area contributed by atoms with Gasteiger partial charge in [0, 0.05) is 11.3 Å². The molecule has 5 nitrogen and oxygen atoms in total. The van der Waals surface area contributed by atoms with Gasteiger partial charge in [-0.2, -0.15) is 0 Å². The molecule has 0 fully saturated rings. The molecule has 88 valence electrons. The van der Waals surface area contributed by atoms with E-state index in [4.69, 9.17) is 15.9 Å². The van der Waals surface area contributed by atoms with Crippen LogP contribution in [0.4, 0.5) is 5.69 Å². The molecule has 1 aromatic carbocycles. The van der Waals surface area contributed by atoms with Gasteiger partial charge in [-0.25, -0.2) is 0 Å². The van der Waals surface area contributed by atoms with Crippen LogP contribution in [0.25, 0.3) is 0 Å². The van der Waals surface area contributed by atoms with E-state index in [-0.39, 0.29) is 19.1 Å². The molecule has 0 saturated carbocycles. The predicted octanol–water partition coefficient (Wildman–Crippen LogP) is -0.340. The molecule has 0 unspecified atom stereocenters. The van der Waals surface area contributed by atoms with Crippen LogP contribution in [0.3, 0.4) is 0 Å². The lowest BCUT2D eigenvalue weighted by atomic mass is 10.1. The maximum absolute atomic E-state index is 11.7. The Bertz CT molecular complexity index is 355. The number of aliphatic hydroxyl groups excluding tert-OH is 2. The molecule has 0 aliphatic carbocycles. The van der Waals surface area contributed by atoms with E-state index in [0.717, 1.165) is 5.56 Å². The van der Waals surface area contributed by atoms with Crippen molar-refractivity contribution in [1.82, 2.24) is 5.32 Å². The van der Waals surface area contributed by atoms with Crippen LogP contribution in [-0.4, -0.2) is 35.4 Å². The van der Waals surface area contributed by atoms with E-state index >= 15 is 0 Å². The number of amides is 1. The highest BCUT2D eigenvalue weighted by atomic mass is 16.3. The van der Waals surface area contributed by atoms with Crippen LogP contribution in [0.2, 0.25) is 0 Å². The highest BCUT2D eigenvalue weighted by molar-refractivity contribution is 5.95. The molecule has 0 aliphatic heterocycles. The third-order valence-electron chi connectivity index (χ3n) is 2.14. The normalized spacial score (nSPS) is 10.5. The Morgan fingerprint density at radius 1 is 1.38 bits per heavy atom. The summed E-state index contributed by atoms with van der Waals surface area (Å²) >= 11 is 0. The highest BCUT2D eigenvalue weighted by Crippen LogP contribution is 2.11. The maximum atomic E-state index is 11.7. The molecule has 16 heavy (non-hydrogen) atoms. The van der Waals surface area contributed by atoms with E-state index in [1.165, 1.54) is 0 Å². The fourth-order valence-corrected chi connectivity index (χ4v) is 1.36. The second-order valence-corrected chi connectivity index (χ2v) is 3.67. The Morgan fingerprint density at radius 3 is 2.50 bits per heavy atom. The van der Waals surface area contributed by atoms with Crippen molar-refractivity contribution < 1.29 is 15.0 Å². The van der Waals surface area contributed by atoms with Gasteiger partial charge < -0.3 is 21.3 Å². The number of nitrogens with two attached hydrogens (primary N) is 1. The molecule has 0 radical (unpaired) electrons. The highest BCUT2D eigenvalue weighted by Gasteiger charge is 2.12. The Balaban J connectivity index is 2.80. The summed E-state index contributed by atoms with van der Waals surface area (Å²) in [5.41, 5.74) is 7.43. The minimum absolute atomic E-state index is 0.302. The predicted molar refractivity (Wildman–Crippen MR) is 61.0 cm³/mol. The van der Waals surface area contributed by atoms with Crippen LogP contribution in [-0.2, 0) is 0 Å². The van der Waals surface area contributed by atoms with Crippen LogP contribution in [0.5, 0.6) is 0 Å². The topological polar surface area (TPSA) is 95.6 Å². The van der Waals surface area contributed by atoms with Crippen molar-refractivity contribution in [3.63, 3.8) is 0 Å². The second-order valence-electron chi connectivity index (χ2n) is 3.67. The van der Waals surface area contributed by atoms with Crippen LogP contribution in [0.1, 0.15) is 15.9 Å². The zero-order valence-corrected chi connectivity index (χ0v) is 9.10. The van der Waals surface area contributed by atoms with Crippen LogP contribution >= 0.6 is 0 Å². The molecule has 0 aliphatic rings. The standard InChI is InChI=1S/C11H16N2O3/c1-7-2-8(4-9(12)3-7)11(16)13-10(5-14)6-15/h2-4,10,14-15H,5-6,12H2,1H3,(H,13,16). The van der Waals surface area contributed by atoms with Crippen molar-refractivity contribution in [3.8, 4) is 0 Å². The summed E-state index contributed by atoms with van der Waals surface area (Å²) in [6.07, 6.45) is 0. The molecular formula is C11H16N2O3. The van der Waals surface area contributed by atoms with Gasteiger partial charge in [0.1, 0.15) is 0 Å². The number of aliphatic hydroxyl groups is 2. The summed E-state index contributed by atoms with van der Waals surface area (Å²) in [6.45, 7) is 1.23. The lowest BCUT2D eigenvalue weighted by Gasteiger charge is -2.13. The Morgan fingerprint density at radius 2 is 2.00 bits per heavy atom. The van der Waals surface area contributed by atoms with E-state index in [1.54, 1.807) is 18.2 Å². The molecule has 0 saturated heterocycles. The molecular weight excluding hydrogens is 208 g/mol. The van der Waals surface area contributed by atoms with Crippen molar-refractivity contribution >= 4 is 11.6 Å². The van der Waals surface area contributed by atoms with Crippen molar-refractivity contribution in [3.05, 3.63) is 29.3 Å². The summed E-state index contributed by atoms with van der Waals surface area (Å²) in [4.78, 5) is 11.7. The number of carbonyl (C=O) groups excluding carboxylic acids is 1. The van der Waals surface area contributed by atoms with E-state index in [0.29, 0.717) is 11.3 Å². The van der Waals surface area contributed by atoms with Gasteiger partial charge in [-0.1, -0.05) is 0 Å². The minimum atomic E-state index is -0.644. The number of hydrogen-bond acceptors (Lipinski definition) is 4. The summed E-state index contributed by atoms with van der Waals surface area (Å²) in [7, 11) is 0. The number of anilines is 1. The van der Waals surface area contributed by atoms with Gasteiger partial charge in [0.05, 0.1) is 19.3 Å². The van der Waals surface area contributed by atoms with Crippen molar-refractivity contribution in [2.24, 2.45) is 0 Å². The van der Waals surface area contributed by atoms with Crippen molar-refractivity contribution in [2.75, 3.05) is 18.9 Å². The molecule has 0 bridgehead atoms. The quantitative estimate of drug-likeness (QED) is 0.526. The number of benzene rings is 1. The first-order valence-corrected chi connectivity index (χ1v) is 4.96. The van der Waals surface area contributed by atoms with E-state index in [9.17, 15) is 4.79 Å². The number of rotatable bonds is 4. The van der Waals surface area contributed by atoms with Gasteiger partial charge in [-0.15, -0.1) is 0 Å². The van der Waals surface area contributed by atoms with Crippen LogP contribution in [0, 0.1) is 6.92 Å². The molecule has 5 N–H and O–H groups in total. The largest absolute Gasteiger partial charge is 0.399 e. The minimum Gasteiger partial charge on any atom is -0.399 e. The van der Waals surface area contributed by atoms with Gasteiger partial charge >= 0.3 is 0 Å². The van der Waals surface area contributed by atoms with Crippen molar-refractivity contribution in [1.29, 1.82) is 0 Å². The summed E-state index contributed by atoms with van der Waals surface area (Å²) < 4.78 is 0.